The molecule has 4 rings (SSSR count). The molecule has 0 bridgehead atoms. The van der Waals surface area contributed by atoms with Crippen LogP contribution in [0.15, 0.2) is 23.6 Å². The Labute approximate surface area is 180 Å². The molecule has 5 N–H and O–H groups in total. The molecule has 0 saturated carbocycles. The highest BCUT2D eigenvalue weighted by atomic mass is 32.1. The standard InChI is InChI=1S/C20H21F2N5O3S/c1-9-17(18(27-26-9)15-6-5-12(23)11(22)7-30-15)25-19(29)13-8-31-20(24-13)16-10(21)3-2-4-14(16)28/h2-4,8,11-12,15,28H,5-7,23H2,1H3,(H,25,29)(H,26,27)/t11-,12-,15+/m1/s1. The molecule has 3 atom stereocenters. The maximum atomic E-state index is 14.1. The quantitative estimate of drug-likeness (QED) is 0.483. The van der Waals surface area contributed by atoms with E-state index in [2.05, 4.69) is 20.5 Å². The lowest BCUT2D eigenvalue weighted by atomic mass is 10.0. The Balaban J connectivity index is 1.55. The summed E-state index contributed by atoms with van der Waals surface area (Å²) in [7, 11) is 0. The van der Waals surface area contributed by atoms with E-state index < -0.39 is 30.0 Å². The number of phenols is 1. The Kier molecular flexibility index (Phi) is 5.99. The Morgan fingerprint density at radius 3 is 3.00 bits per heavy atom. The van der Waals surface area contributed by atoms with Gasteiger partial charge in [0.1, 0.15) is 34.5 Å². The number of phenolic OH excluding ortho intramolecular Hbond substituents is 1. The van der Waals surface area contributed by atoms with Gasteiger partial charge in [-0.1, -0.05) is 6.07 Å². The third-order valence-electron chi connectivity index (χ3n) is 5.16. The summed E-state index contributed by atoms with van der Waals surface area (Å²) in [5.74, 6) is -1.42. The average Bonchev–Trinajstić information content (AvgIpc) is 3.31. The zero-order valence-electron chi connectivity index (χ0n) is 16.6. The number of hydrogen-bond acceptors (Lipinski definition) is 7. The Bertz CT molecular complexity index is 1070. The van der Waals surface area contributed by atoms with Crippen LogP contribution in [0.2, 0.25) is 0 Å². The molecule has 2 aromatic heterocycles. The number of thiazole rings is 1. The first-order valence-corrected chi connectivity index (χ1v) is 10.5. The molecule has 11 heteroatoms. The second-order valence-corrected chi connectivity index (χ2v) is 8.16. The summed E-state index contributed by atoms with van der Waals surface area (Å²) in [5, 5.41) is 21.3. The van der Waals surface area contributed by atoms with E-state index in [0.29, 0.717) is 29.9 Å². The summed E-state index contributed by atoms with van der Waals surface area (Å²) in [6.07, 6.45) is -0.849. The number of halogens is 2. The number of amides is 1. The van der Waals surface area contributed by atoms with E-state index >= 15 is 0 Å². The number of carbonyl (C=O) groups is 1. The van der Waals surface area contributed by atoms with Gasteiger partial charge in [-0.15, -0.1) is 11.3 Å². The highest BCUT2D eigenvalue weighted by Crippen LogP contribution is 2.35. The van der Waals surface area contributed by atoms with E-state index in [1.54, 1.807) is 6.92 Å². The van der Waals surface area contributed by atoms with Crippen LogP contribution < -0.4 is 11.1 Å². The number of H-pyrrole nitrogens is 1. The van der Waals surface area contributed by atoms with E-state index in [0.717, 1.165) is 11.3 Å². The number of nitrogens with zero attached hydrogens (tertiary/aromatic N) is 2. The summed E-state index contributed by atoms with van der Waals surface area (Å²) in [5.41, 5.74) is 7.26. The van der Waals surface area contributed by atoms with Crippen molar-refractivity contribution in [3.8, 4) is 16.3 Å². The van der Waals surface area contributed by atoms with Crippen LogP contribution >= 0.6 is 11.3 Å². The fraction of sp³-hybridized carbons (Fsp3) is 0.350. The normalized spacial score (nSPS) is 21.6. The number of carbonyl (C=O) groups excluding carboxylic acids is 1. The number of nitrogens with two attached hydrogens (primary N) is 1. The van der Waals surface area contributed by atoms with Gasteiger partial charge in [-0.3, -0.25) is 9.89 Å². The lowest BCUT2D eigenvalue weighted by Gasteiger charge is -2.15. The van der Waals surface area contributed by atoms with Gasteiger partial charge in [0.05, 0.1) is 29.2 Å². The first kappa shape index (κ1) is 21.3. The van der Waals surface area contributed by atoms with E-state index in [9.17, 15) is 18.7 Å². The molecule has 3 aromatic rings. The van der Waals surface area contributed by atoms with Crippen molar-refractivity contribution in [3.05, 3.63) is 46.5 Å². The number of benzene rings is 1. The summed E-state index contributed by atoms with van der Waals surface area (Å²) in [4.78, 5) is 17.0. The molecule has 1 aliphatic rings. The second kappa shape index (κ2) is 8.69. The SMILES string of the molecule is Cc1n[nH]c([C@@H]2CC[C@@H](N)[C@H](F)CO2)c1NC(=O)c1csc(-c2c(O)cccc2F)n1. The molecule has 164 valence electrons. The van der Waals surface area contributed by atoms with Crippen molar-refractivity contribution in [2.45, 2.75) is 38.1 Å². The van der Waals surface area contributed by atoms with Crippen LogP contribution in [0.25, 0.3) is 10.6 Å². The van der Waals surface area contributed by atoms with Gasteiger partial charge < -0.3 is 20.9 Å². The molecule has 1 saturated heterocycles. The maximum absolute atomic E-state index is 14.1. The van der Waals surface area contributed by atoms with Gasteiger partial charge >= 0.3 is 0 Å². The van der Waals surface area contributed by atoms with Crippen molar-refractivity contribution in [2.75, 3.05) is 11.9 Å². The van der Waals surface area contributed by atoms with Gasteiger partial charge in [0.25, 0.3) is 5.91 Å². The number of nitrogens with one attached hydrogen (secondary N) is 2. The highest BCUT2D eigenvalue weighted by Gasteiger charge is 2.30. The maximum Gasteiger partial charge on any atom is 0.275 e. The number of aromatic hydroxyl groups is 1. The number of ether oxygens (including phenoxy) is 1. The molecule has 1 aromatic carbocycles. The molecule has 1 fully saturated rings. The van der Waals surface area contributed by atoms with Crippen LogP contribution in [0.5, 0.6) is 5.75 Å². The summed E-state index contributed by atoms with van der Waals surface area (Å²) in [6, 6.07) is 3.33. The van der Waals surface area contributed by atoms with Gasteiger partial charge in [-0.2, -0.15) is 5.10 Å². The molecule has 31 heavy (non-hydrogen) atoms. The van der Waals surface area contributed by atoms with Crippen molar-refractivity contribution < 1.29 is 23.4 Å². The summed E-state index contributed by atoms with van der Waals surface area (Å²) < 4.78 is 33.6. The first-order chi connectivity index (χ1) is 14.8. The number of alkyl halides is 1. The van der Waals surface area contributed by atoms with Crippen LogP contribution in [-0.4, -0.2) is 45.0 Å². The van der Waals surface area contributed by atoms with Crippen molar-refractivity contribution in [3.63, 3.8) is 0 Å². The minimum absolute atomic E-state index is 0.0573. The Morgan fingerprint density at radius 2 is 2.23 bits per heavy atom. The number of aromatic nitrogens is 3. The topological polar surface area (TPSA) is 126 Å². The third-order valence-corrected chi connectivity index (χ3v) is 6.02. The summed E-state index contributed by atoms with van der Waals surface area (Å²) >= 11 is 1.04. The summed E-state index contributed by atoms with van der Waals surface area (Å²) in [6.45, 7) is 1.57. The van der Waals surface area contributed by atoms with Crippen LogP contribution in [0.1, 0.15) is 40.8 Å². The molecule has 0 spiro atoms. The number of aromatic amines is 1. The van der Waals surface area contributed by atoms with Gasteiger partial charge in [0.15, 0.2) is 0 Å². The molecule has 3 heterocycles. The molecule has 1 amide bonds. The number of hydrogen-bond donors (Lipinski definition) is 4. The molecule has 0 aliphatic carbocycles. The molecule has 8 nitrogen and oxygen atoms in total. The average molecular weight is 449 g/mol. The van der Waals surface area contributed by atoms with Crippen molar-refractivity contribution >= 4 is 22.9 Å². The Morgan fingerprint density at radius 1 is 1.42 bits per heavy atom. The monoisotopic (exact) mass is 449 g/mol. The fourth-order valence-electron chi connectivity index (χ4n) is 3.40. The third kappa shape index (κ3) is 4.29. The van der Waals surface area contributed by atoms with Crippen LogP contribution in [-0.2, 0) is 4.74 Å². The van der Waals surface area contributed by atoms with Crippen molar-refractivity contribution in [1.29, 1.82) is 0 Å². The lowest BCUT2D eigenvalue weighted by molar-refractivity contribution is 0.0267. The first-order valence-electron chi connectivity index (χ1n) is 9.66. The van der Waals surface area contributed by atoms with Crippen molar-refractivity contribution in [1.82, 2.24) is 15.2 Å². The molecule has 1 aliphatic heterocycles. The zero-order valence-corrected chi connectivity index (χ0v) is 17.4. The van der Waals surface area contributed by atoms with E-state index in [1.807, 2.05) is 0 Å². The minimum atomic E-state index is -1.25. The van der Waals surface area contributed by atoms with Crippen molar-refractivity contribution in [2.24, 2.45) is 5.73 Å². The van der Waals surface area contributed by atoms with Crippen LogP contribution in [0.3, 0.4) is 0 Å². The smallest absolute Gasteiger partial charge is 0.275 e. The van der Waals surface area contributed by atoms with E-state index in [-0.39, 0.29) is 28.6 Å². The van der Waals surface area contributed by atoms with E-state index in [1.165, 1.54) is 23.6 Å². The van der Waals surface area contributed by atoms with Gasteiger partial charge in [-0.25, -0.2) is 13.8 Å². The number of anilines is 1. The predicted molar refractivity (Wildman–Crippen MR) is 111 cm³/mol. The fourth-order valence-corrected chi connectivity index (χ4v) is 4.26. The Hall–Kier alpha value is -2.89. The second-order valence-electron chi connectivity index (χ2n) is 7.30. The molecular weight excluding hydrogens is 428 g/mol. The highest BCUT2D eigenvalue weighted by molar-refractivity contribution is 7.13. The number of aryl methyl sites for hydroxylation is 1. The van der Waals surface area contributed by atoms with Gasteiger partial charge in [0, 0.05) is 11.4 Å². The van der Waals surface area contributed by atoms with Gasteiger partial charge in [-0.05, 0) is 31.9 Å². The minimum Gasteiger partial charge on any atom is -0.507 e. The molecule has 0 radical (unpaired) electrons. The largest absolute Gasteiger partial charge is 0.507 e. The zero-order chi connectivity index (χ0) is 22.1. The van der Waals surface area contributed by atoms with Crippen LogP contribution in [0.4, 0.5) is 14.5 Å². The molecular formula is C20H21F2N5O3S. The predicted octanol–water partition coefficient (Wildman–Crippen LogP) is 3.46. The lowest BCUT2D eigenvalue weighted by Crippen LogP contribution is -2.32. The molecule has 0 unspecified atom stereocenters. The van der Waals surface area contributed by atoms with Crippen LogP contribution in [0, 0.1) is 12.7 Å². The number of rotatable bonds is 4. The van der Waals surface area contributed by atoms with E-state index in [4.69, 9.17) is 10.5 Å². The van der Waals surface area contributed by atoms with Gasteiger partial charge in [0.2, 0.25) is 0 Å².